The summed E-state index contributed by atoms with van der Waals surface area (Å²) >= 11 is 0. The molecule has 0 fully saturated rings. The number of hydrogen-bond acceptors (Lipinski definition) is 1. The van der Waals surface area contributed by atoms with Crippen LogP contribution in [0.15, 0.2) is 6.20 Å². The van der Waals surface area contributed by atoms with Gasteiger partial charge in [0.2, 0.25) is 0 Å². The van der Waals surface area contributed by atoms with Crippen molar-refractivity contribution >= 4 is 0 Å². The first-order valence-corrected chi connectivity index (χ1v) is 5.39. The Morgan fingerprint density at radius 3 is 2.54 bits per heavy atom. The Bertz CT molecular complexity index is 205. The summed E-state index contributed by atoms with van der Waals surface area (Å²) in [4.78, 5) is 0. The minimum Gasteiger partial charge on any atom is -0.282 e. The van der Waals surface area contributed by atoms with Crippen LogP contribution in [0.4, 0.5) is 0 Å². The number of aromatic amines is 1. The van der Waals surface area contributed by atoms with Gasteiger partial charge in [-0.25, -0.2) is 0 Å². The number of aromatic nitrogens is 2. The molecule has 1 heterocycles. The lowest BCUT2D eigenvalue weighted by atomic mass is 10.1. The summed E-state index contributed by atoms with van der Waals surface area (Å²) in [6.07, 6.45) is 9.40. The van der Waals surface area contributed by atoms with E-state index in [4.69, 9.17) is 0 Å². The lowest BCUT2D eigenvalue weighted by Gasteiger charge is -2.00. The second-order valence-corrected chi connectivity index (χ2v) is 3.58. The quantitative estimate of drug-likeness (QED) is 0.716. The molecule has 0 bridgehead atoms. The van der Waals surface area contributed by atoms with Crippen molar-refractivity contribution in [1.29, 1.82) is 0 Å². The van der Waals surface area contributed by atoms with Crippen LogP contribution in [0.5, 0.6) is 0 Å². The van der Waals surface area contributed by atoms with Crippen LogP contribution in [-0.4, -0.2) is 10.2 Å². The van der Waals surface area contributed by atoms with Crippen molar-refractivity contribution in [3.63, 3.8) is 0 Å². The van der Waals surface area contributed by atoms with Crippen molar-refractivity contribution in [1.82, 2.24) is 10.2 Å². The van der Waals surface area contributed by atoms with Crippen molar-refractivity contribution < 1.29 is 0 Å². The zero-order valence-corrected chi connectivity index (χ0v) is 8.77. The molecular formula is C11H20N2. The largest absolute Gasteiger partial charge is 0.282 e. The first-order valence-electron chi connectivity index (χ1n) is 5.39. The van der Waals surface area contributed by atoms with Gasteiger partial charge in [-0.2, -0.15) is 5.10 Å². The molecule has 0 amide bonds. The maximum absolute atomic E-state index is 4.10. The minimum atomic E-state index is 1.16. The Balaban J connectivity index is 2.45. The van der Waals surface area contributed by atoms with Crippen molar-refractivity contribution in [2.24, 2.45) is 0 Å². The monoisotopic (exact) mass is 180 g/mol. The van der Waals surface area contributed by atoms with Crippen molar-refractivity contribution in [2.75, 3.05) is 0 Å². The standard InChI is InChI=1S/C11H20N2/c1-3-5-7-10-9-12-13-11(10)8-6-4-2/h9H,3-8H2,1-2H3,(H,12,13). The van der Waals surface area contributed by atoms with Crippen LogP contribution in [0, 0.1) is 0 Å². The van der Waals surface area contributed by atoms with Crippen LogP contribution < -0.4 is 0 Å². The highest BCUT2D eigenvalue weighted by Crippen LogP contribution is 2.11. The summed E-state index contributed by atoms with van der Waals surface area (Å²) in [5, 5.41) is 7.20. The van der Waals surface area contributed by atoms with Gasteiger partial charge in [-0.3, -0.25) is 5.10 Å². The van der Waals surface area contributed by atoms with Crippen molar-refractivity contribution in [3.8, 4) is 0 Å². The van der Waals surface area contributed by atoms with E-state index in [9.17, 15) is 0 Å². The number of H-pyrrole nitrogens is 1. The first-order chi connectivity index (χ1) is 6.38. The van der Waals surface area contributed by atoms with E-state index in [1.807, 2.05) is 6.20 Å². The molecule has 0 radical (unpaired) electrons. The summed E-state index contributed by atoms with van der Waals surface area (Å²) in [5.41, 5.74) is 2.78. The molecule has 2 heteroatoms. The molecule has 0 aliphatic rings. The van der Waals surface area contributed by atoms with Gasteiger partial charge in [-0.1, -0.05) is 26.7 Å². The molecule has 0 saturated heterocycles. The van der Waals surface area contributed by atoms with Crippen molar-refractivity contribution in [3.05, 3.63) is 17.5 Å². The van der Waals surface area contributed by atoms with Gasteiger partial charge in [0.1, 0.15) is 0 Å². The highest BCUT2D eigenvalue weighted by atomic mass is 15.1. The van der Waals surface area contributed by atoms with Gasteiger partial charge in [0.25, 0.3) is 0 Å². The third-order valence-corrected chi connectivity index (χ3v) is 2.39. The summed E-state index contributed by atoms with van der Waals surface area (Å²) in [7, 11) is 0. The number of nitrogens with zero attached hydrogens (tertiary/aromatic N) is 1. The molecule has 0 aliphatic carbocycles. The molecule has 0 aliphatic heterocycles. The minimum absolute atomic E-state index is 1.16. The maximum Gasteiger partial charge on any atom is 0.0522 e. The SMILES string of the molecule is CCCCc1cn[nH]c1CCCC. The zero-order chi connectivity index (χ0) is 9.52. The van der Waals surface area contributed by atoms with Gasteiger partial charge in [-0.15, -0.1) is 0 Å². The lowest BCUT2D eigenvalue weighted by molar-refractivity contribution is 0.746. The molecule has 2 nitrogen and oxygen atoms in total. The molecule has 1 aromatic rings. The van der Waals surface area contributed by atoms with Crippen LogP contribution in [0.25, 0.3) is 0 Å². The van der Waals surface area contributed by atoms with E-state index in [1.54, 1.807) is 0 Å². The number of rotatable bonds is 6. The average molecular weight is 180 g/mol. The van der Waals surface area contributed by atoms with E-state index < -0.39 is 0 Å². The molecule has 0 aromatic carbocycles. The molecule has 74 valence electrons. The van der Waals surface area contributed by atoms with E-state index in [-0.39, 0.29) is 0 Å². The van der Waals surface area contributed by atoms with E-state index in [2.05, 4.69) is 24.0 Å². The molecule has 0 atom stereocenters. The Morgan fingerprint density at radius 1 is 1.15 bits per heavy atom. The topological polar surface area (TPSA) is 28.7 Å². The van der Waals surface area contributed by atoms with E-state index in [0.29, 0.717) is 0 Å². The van der Waals surface area contributed by atoms with Gasteiger partial charge in [0, 0.05) is 5.69 Å². The fourth-order valence-corrected chi connectivity index (χ4v) is 1.49. The highest BCUT2D eigenvalue weighted by molar-refractivity contribution is 5.16. The van der Waals surface area contributed by atoms with E-state index in [1.165, 1.54) is 43.4 Å². The summed E-state index contributed by atoms with van der Waals surface area (Å²) in [6.45, 7) is 4.45. The lowest BCUT2D eigenvalue weighted by Crippen LogP contribution is -1.92. The summed E-state index contributed by atoms with van der Waals surface area (Å²) in [5.74, 6) is 0. The number of unbranched alkanes of at least 4 members (excludes halogenated alkanes) is 2. The molecule has 1 N–H and O–H groups in total. The fourth-order valence-electron chi connectivity index (χ4n) is 1.49. The Morgan fingerprint density at radius 2 is 1.85 bits per heavy atom. The molecule has 1 aromatic heterocycles. The second-order valence-electron chi connectivity index (χ2n) is 3.58. The maximum atomic E-state index is 4.10. The zero-order valence-electron chi connectivity index (χ0n) is 8.77. The molecule has 1 rings (SSSR count). The molecule has 13 heavy (non-hydrogen) atoms. The van der Waals surface area contributed by atoms with Gasteiger partial charge < -0.3 is 0 Å². The Labute approximate surface area is 80.7 Å². The van der Waals surface area contributed by atoms with Crippen LogP contribution in [0.1, 0.15) is 50.8 Å². The summed E-state index contributed by atoms with van der Waals surface area (Å²) in [6, 6.07) is 0. The second kappa shape index (κ2) is 5.79. The van der Waals surface area contributed by atoms with E-state index in [0.717, 1.165) is 6.42 Å². The Kier molecular flexibility index (Phi) is 4.58. The van der Waals surface area contributed by atoms with Crippen molar-refractivity contribution in [2.45, 2.75) is 52.4 Å². The van der Waals surface area contributed by atoms with Crippen LogP contribution in [-0.2, 0) is 12.8 Å². The summed E-state index contributed by atoms with van der Waals surface area (Å²) < 4.78 is 0. The van der Waals surface area contributed by atoms with Gasteiger partial charge >= 0.3 is 0 Å². The smallest absolute Gasteiger partial charge is 0.0522 e. The molecule has 0 spiro atoms. The predicted molar refractivity (Wildman–Crippen MR) is 55.8 cm³/mol. The molecule has 0 saturated carbocycles. The van der Waals surface area contributed by atoms with Gasteiger partial charge in [0.05, 0.1) is 6.20 Å². The normalized spacial score (nSPS) is 10.6. The fraction of sp³-hybridized carbons (Fsp3) is 0.727. The number of nitrogens with one attached hydrogen (secondary N) is 1. The molecular weight excluding hydrogens is 160 g/mol. The van der Waals surface area contributed by atoms with Gasteiger partial charge in [0.15, 0.2) is 0 Å². The third kappa shape index (κ3) is 3.21. The third-order valence-electron chi connectivity index (χ3n) is 2.39. The molecule has 0 unspecified atom stereocenters. The average Bonchev–Trinajstić information content (AvgIpc) is 2.59. The van der Waals surface area contributed by atoms with Crippen LogP contribution >= 0.6 is 0 Å². The number of aryl methyl sites for hydroxylation is 2. The first kappa shape index (κ1) is 10.3. The Hall–Kier alpha value is -0.790. The highest BCUT2D eigenvalue weighted by Gasteiger charge is 2.03. The van der Waals surface area contributed by atoms with Crippen LogP contribution in [0.2, 0.25) is 0 Å². The van der Waals surface area contributed by atoms with E-state index >= 15 is 0 Å². The van der Waals surface area contributed by atoms with Gasteiger partial charge in [-0.05, 0) is 31.2 Å². The predicted octanol–water partition coefficient (Wildman–Crippen LogP) is 3.09. The van der Waals surface area contributed by atoms with Crippen LogP contribution in [0.3, 0.4) is 0 Å². The number of hydrogen-bond donors (Lipinski definition) is 1.